The molecule has 3 aliphatic rings. The van der Waals surface area contributed by atoms with Gasteiger partial charge in [-0.25, -0.2) is 4.79 Å². The summed E-state index contributed by atoms with van der Waals surface area (Å²) < 4.78 is 27.8. The maximum Gasteiger partial charge on any atom is 0.333 e. The van der Waals surface area contributed by atoms with Crippen LogP contribution in [-0.4, -0.2) is 49.1 Å². The normalized spacial score (nSPS) is 28.7. The van der Waals surface area contributed by atoms with E-state index in [2.05, 4.69) is 0 Å². The molecule has 4 atom stereocenters. The summed E-state index contributed by atoms with van der Waals surface area (Å²) in [4.78, 5) is 35.8. The molecule has 0 saturated carbocycles. The summed E-state index contributed by atoms with van der Waals surface area (Å²) in [5, 5.41) is 0. The summed E-state index contributed by atoms with van der Waals surface area (Å²) in [6.45, 7) is 9.09. The van der Waals surface area contributed by atoms with Crippen LogP contribution in [0.3, 0.4) is 0 Å². The number of allylic oxidation sites excluding steroid dienone is 1. The van der Waals surface area contributed by atoms with Gasteiger partial charge in [0.2, 0.25) is 0 Å². The van der Waals surface area contributed by atoms with Crippen molar-refractivity contribution >= 4 is 17.9 Å². The first kappa shape index (κ1) is 22.1. The van der Waals surface area contributed by atoms with Crippen molar-refractivity contribution in [1.29, 1.82) is 0 Å². The number of ether oxygens (including phenoxy) is 5. The van der Waals surface area contributed by atoms with Gasteiger partial charge in [-0.2, -0.15) is 0 Å². The Morgan fingerprint density at radius 2 is 1.93 bits per heavy atom. The largest absolute Gasteiger partial charge is 0.461 e. The molecule has 0 bridgehead atoms. The summed E-state index contributed by atoms with van der Waals surface area (Å²) in [5.74, 6) is -1.64. The van der Waals surface area contributed by atoms with Gasteiger partial charge in [0, 0.05) is 25.0 Å². The zero-order valence-corrected chi connectivity index (χ0v) is 17.9. The number of epoxide rings is 1. The molecule has 8 nitrogen and oxygen atoms in total. The van der Waals surface area contributed by atoms with Gasteiger partial charge in [-0.3, -0.25) is 9.59 Å². The molecule has 30 heavy (non-hydrogen) atoms. The van der Waals surface area contributed by atoms with Crippen LogP contribution in [0.4, 0.5) is 0 Å². The molecular weight excluding hydrogens is 392 g/mol. The third-order valence-electron chi connectivity index (χ3n) is 5.04. The molecule has 1 aliphatic carbocycles. The van der Waals surface area contributed by atoms with Crippen LogP contribution >= 0.6 is 0 Å². The number of fused-ring (bicyclic) bond motifs is 2. The van der Waals surface area contributed by atoms with Crippen LogP contribution in [0.2, 0.25) is 0 Å². The lowest BCUT2D eigenvalue weighted by atomic mass is 9.85. The molecular formula is C22H28O8. The van der Waals surface area contributed by atoms with E-state index >= 15 is 0 Å². The fraction of sp³-hybridized carbons (Fsp3) is 0.591. The second-order valence-corrected chi connectivity index (χ2v) is 8.44. The highest BCUT2D eigenvalue weighted by Crippen LogP contribution is 2.54. The molecule has 3 rings (SSSR count). The highest BCUT2D eigenvalue weighted by atomic mass is 16.7. The maximum absolute atomic E-state index is 12.3. The molecule has 1 spiro atoms. The molecule has 0 N–H and O–H groups in total. The van der Waals surface area contributed by atoms with Gasteiger partial charge in [0.25, 0.3) is 6.29 Å². The maximum atomic E-state index is 12.3. The highest BCUT2D eigenvalue weighted by Gasteiger charge is 2.67. The predicted molar refractivity (Wildman–Crippen MR) is 105 cm³/mol. The van der Waals surface area contributed by atoms with Crippen molar-refractivity contribution in [2.45, 2.75) is 59.0 Å². The van der Waals surface area contributed by atoms with Crippen LogP contribution in [0.1, 0.15) is 41.0 Å². The monoisotopic (exact) mass is 420 g/mol. The standard InChI is InChI=1S/C22H28O8/c1-12(2)6-18(24)29-17-8-16-15(9-26-14(5)23)10-27-21(20(16)22(17)11-28-22)30-19(25)7-13(3)4/h7-8,10,12,17,20-21H,6,9,11H2,1-5H3. The predicted octanol–water partition coefficient (Wildman–Crippen LogP) is 2.58. The second-order valence-electron chi connectivity index (χ2n) is 8.44. The lowest BCUT2D eigenvalue weighted by Gasteiger charge is -2.33. The third-order valence-corrected chi connectivity index (χ3v) is 5.04. The van der Waals surface area contributed by atoms with Crippen LogP contribution in [0, 0.1) is 11.8 Å². The van der Waals surface area contributed by atoms with Crippen molar-refractivity contribution in [3.05, 3.63) is 35.1 Å². The average molecular weight is 420 g/mol. The number of hydrogen-bond donors (Lipinski definition) is 0. The molecule has 1 fully saturated rings. The van der Waals surface area contributed by atoms with Crippen LogP contribution in [0.25, 0.3) is 0 Å². The van der Waals surface area contributed by atoms with Crippen LogP contribution in [-0.2, 0) is 38.1 Å². The van der Waals surface area contributed by atoms with Gasteiger partial charge in [0.1, 0.15) is 12.2 Å². The fourth-order valence-corrected chi connectivity index (χ4v) is 3.69. The van der Waals surface area contributed by atoms with Crippen LogP contribution in [0.15, 0.2) is 35.1 Å². The smallest absolute Gasteiger partial charge is 0.333 e. The summed E-state index contributed by atoms with van der Waals surface area (Å²) in [6, 6.07) is 0. The van der Waals surface area contributed by atoms with Gasteiger partial charge < -0.3 is 23.7 Å². The van der Waals surface area contributed by atoms with Crippen molar-refractivity contribution in [2.24, 2.45) is 11.8 Å². The first-order chi connectivity index (χ1) is 14.1. The van der Waals surface area contributed by atoms with Crippen molar-refractivity contribution in [1.82, 2.24) is 0 Å². The quantitative estimate of drug-likeness (QED) is 0.268. The first-order valence-electron chi connectivity index (χ1n) is 10.0. The molecule has 0 amide bonds. The number of carbonyl (C=O) groups excluding carboxylic acids is 3. The lowest BCUT2D eigenvalue weighted by Crippen LogP contribution is -2.44. The van der Waals surface area contributed by atoms with Crippen LogP contribution in [0.5, 0.6) is 0 Å². The van der Waals surface area contributed by atoms with Crippen molar-refractivity contribution in [3.63, 3.8) is 0 Å². The SMILES string of the molecule is CC(=O)OCC1=COC(OC(=O)C=C(C)C)C2C1=CC(OC(=O)CC(C)C)C21CO1. The number of esters is 3. The lowest BCUT2D eigenvalue weighted by molar-refractivity contribution is -0.180. The Morgan fingerprint density at radius 1 is 1.23 bits per heavy atom. The topological polar surface area (TPSA) is 101 Å². The zero-order valence-electron chi connectivity index (χ0n) is 17.9. The summed E-state index contributed by atoms with van der Waals surface area (Å²) in [6.07, 6.45) is 3.27. The van der Waals surface area contributed by atoms with E-state index in [1.54, 1.807) is 19.9 Å². The van der Waals surface area contributed by atoms with Crippen molar-refractivity contribution in [2.75, 3.05) is 13.2 Å². The Hall–Kier alpha value is -2.61. The molecule has 0 radical (unpaired) electrons. The molecule has 4 unspecified atom stereocenters. The van der Waals surface area contributed by atoms with E-state index in [1.165, 1.54) is 19.3 Å². The van der Waals surface area contributed by atoms with E-state index in [-0.39, 0.29) is 24.9 Å². The Labute approximate surface area is 175 Å². The van der Waals surface area contributed by atoms with Gasteiger partial charge in [0.15, 0.2) is 6.10 Å². The van der Waals surface area contributed by atoms with Crippen molar-refractivity contribution < 1.29 is 38.1 Å². The summed E-state index contributed by atoms with van der Waals surface area (Å²) in [5.41, 5.74) is 1.29. The Bertz CT molecular complexity index is 811. The number of hydrogen-bond acceptors (Lipinski definition) is 8. The Kier molecular flexibility index (Phi) is 6.36. The Morgan fingerprint density at radius 3 is 2.50 bits per heavy atom. The number of rotatable bonds is 7. The zero-order chi connectivity index (χ0) is 22.1. The van der Waals surface area contributed by atoms with Gasteiger partial charge >= 0.3 is 17.9 Å². The van der Waals surface area contributed by atoms with Gasteiger partial charge in [-0.1, -0.05) is 19.4 Å². The summed E-state index contributed by atoms with van der Waals surface area (Å²) >= 11 is 0. The average Bonchev–Trinajstić information content (AvgIpc) is 3.33. The van der Waals surface area contributed by atoms with Crippen LogP contribution < -0.4 is 0 Å². The molecule has 8 heteroatoms. The van der Waals surface area contributed by atoms with Crippen molar-refractivity contribution in [3.8, 4) is 0 Å². The molecule has 0 aromatic rings. The second kappa shape index (κ2) is 8.63. The first-order valence-corrected chi connectivity index (χ1v) is 10.0. The summed E-state index contributed by atoms with van der Waals surface area (Å²) in [7, 11) is 0. The molecule has 0 aromatic carbocycles. The third kappa shape index (κ3) is 4.75. The fourth-order valence-electron chi connectivity index (χ4n) is 3.69. The minimum absolute atomic E-state index is 0.00492. The highest BCUT2D eigenvalue weighted by molar-refractivity contribution is 5.82. The van der Waals surface area contributed by atoms with E-state index in [0.717, 1.165) is 11.1 Å². The van der Waals surface area contributed by atoms with E-state index < -0.39 is 35.9 Å². The Balaban J connectivity index is 1.86. The van der Waals surface area contributed by atoms with Gasteiger partial charge in [0.05, 0.1) is 18.8 Å². The van der Waals surface area contributed by atoms with Gasteiger partial charge in [-0.15, -0.1) is 0 Å². The van der Waals surface area contributed by atoms with E-state index in [9.17, 15) is 14.4 Å². The van der Waals surface area contributed by atoms with Gasteiger partial charge in [-0.05, 0) is 31.4 Å². The molecule has 164 valence electrons. The molecule has 0 aromatic heterocycles. The van der Waals surface area contributed by atoms with E-state index in [1.807, 2.05) is 13.8 Å². The van der Waals surface area contributed by atoms with E-state index in [0.29, 0.717) is 12.2 Å². The molecule has 1 saturated heterocycles. The minimum Gasteiger partial charge on any atom is -0.461 e. The minimum atomic E-state index is -0.947. The molecule has 2 aliphatic heterocycles. The van der Waals surface area contributed by atoms with E-state index in [4.69, 9.17) is 23.7 Å². The number of carbonyl (C=O) groups is 3. The molecule has 2 heterocycles.